The van der Waals surface area contributed by atoms with E-state index in [1.54, 1.807) is 12.1 Å². The van der Waals surface area contributed by atoms with Gasteiger partial charge >= 0.3 is 6.09 Å². The maximum absolute atomic E-state index is 11.8. The summed E-state index contributed by atoms with van der Waals surface area (Å²) in [6.45, 7) is 8.00. The lowest BCUT2D eigenvalue weighted by atomic mass is 10.3. The van der Waals surface area contributed by atoms with Crippen LogP contribution in [0.15, 0.2) is 60.7 Å². The van der Waals surface area contributed by atoms with Crippen LogP contribution in [0.5, 0.6) is 5.75 Å². The maximum Gasteiger partial charge on any atom is 0.497 e. The number of ether oxygens (including phenoxy) is 1. The number of carbonyl (C=O) groups is 1. The van der Waals surface area contributed by atoms with E-state index in [0.29, 0.717) is 10.6 Å². The molecule has 2 aromatic carbocycles. The van der Waals surface area contributed by atoms with Gasteiger partial charge in [0.1, 0.15) is 11.4 Å². The lowest BCUT2D eigenvalue weighted by Crippen LogP contribution is -3.05. The quantitative estimate of drug-likeness (QED) is 0.837. The van der Waals surface area contributed by atoms with E-state index in [-0.39, 0.29) is 0 Å². The summed E-state index contributed by atoms with van der Waals surface area (Å²) in [5, 5.41) is 0. The van der Waals surface area contributed by atoms with Gasteiger partial charge in [-0.3, -0.25) is 0 Å². The molecule has 1 atom stereocenters. The Kier molecular flexibility index (Phi) is 10.5. The monoisotopic (exact) mass is 287 g/mol. The molecule has 0 radical (unpaired) electrons. The third kappa shape index (κ3) is 6.72. The molecule has 0 heterocycles. The molecule has 0 aliphatic heterocycles. The van der Waals surface area contributed by atoms with Crippen molar-refractivity contribution in [3.63, 3.8) is 0 Å². The van der Waals surface area contributed by atoms with E-state index in [0.717, 1.165) is 5.69 Å². The Morgan fingerprint density at radius 1 is 0.857 bits per heavy atom. The van der Waals surface area contributed by atoms with E-state index >= 15 is 0 Å². The number of hydrogen-bond acceptors (Lipinski definition) is 2. The molecule has 0 spiro atoms. The van der Waals surface area contributed by atoms with Crippen molar-refractivity contribution in [1.82, 2.24) is 0 Å². The molecule has 0 saturated heterocycles. The fourth-order valence-electron chi connectivity index (χ4n) is 1.41. The second-order valence-corrected chi connectivity index (χ2v) is 3.55. The van der Waals surface area contributed by atoms with Crippen LogP contribution in [0.3, 0.4) is 0 Å². The summed E-state index contributed by atoms with van der Waals surface area (Å²) < 4.78 is 5.19. The second kappa shape index (κ2) is 11.7. The van der Waals surface area contributed by atoms with Gasteiger partial charge in [-0.1, -0.05) is 64.1 Å². The lowest BCUT2D eigenvalue weighted by molar-refractivity contribution is -0.695. The third-order valence-electron chi connectivity index (χ3n) is 2.32. The molecular formula is C18H25NO2. The average molecular weight is 287 g/mol. The Bertz CT molecular complexity index is 483. The average Bonchev–Trinajstić information content (AvgIpc) is 2.59. The molecule has 21 heavy (non-hydrogen) atoms. The van der Waals surface area contributed by atoms with Crippen molar-refractivity contribution in [1.29, 1.82) is 0 Å². The summed E-state index contributed by atoms with van der Waals surface area (Å²) in [6.07, 6.45) is -0.428. The molecule has 0 bridgehead atoms. The molecule has 0 aromatic heterocycles. The van der Waals surface area contributed by atoms with Crippen LogP contribution in [0.4, 0.5) is 10.5 Å². The summed E-state index contributed by atoms with van der Waals surface area (Å²) in [4.78, 5) is 12.1. The number of para-hydroxylation sites is 2. The van der Waals surface area contributed by atoms with Crippen molar-refractivity contribution < 1.29 is 14.4 Å². The number of benzene rings is 2. The summed E-state index contributed by atoms with van der Waals surface area (Å²) in [5.41, 5.74) is 0.772. The Balaban J connectivity index is 0.000000921. The minimum Gasteiger partial charge on any atom is -0.382 e. The molecule has 2 rings (SSSR count). The van der Waals surface area contributed by atoms with Crippen LogP contribution < -0.4 is 9.64 Å². The van der Waals surface area contributed by atoms with E-state index in [4.69, 9.17) is 4.74 Å². The van der Waals surface area contributed by atoms with Gasteiger partial charge in [0.25, 0.3) is 0 Å². The highest BCUT2D eigenvalue weighted by atomic mass is 16.6. The van der Waals surface area contributed by atoms with Gasteiger partial charge in [0.05, 0.1) is 0 Å². The molecule has 0 aliphatic carbocycles. The van der Waals surface area contributed by atoms with Crippen LogP contribution in [0.25, 0.3) is 0 Å². The van der Waals surface area contributed by atoms with Crippen molar-refractivity contribution in [2.75, 3.05) is 0 Å². The number of hydrogen-bond donors (Lipinski definition) is 1. The molecule has 114 valence electrons. The van der Waals surface area contributed by atoms with E-state index in [1.165, 1.54) is 0 Å². The Morgan fingerprint density at radius 2 is 1.29 bits per heavy atom. The van der Waals surface area contributed by atoms with Crippen LogP contribution in [-0.2, 0) is 0 Å². The predicted molar refractivity (Wildman–Crippen MR) is 87.6 cm³/mol. The van der Waals surface area contributed by atoms with E-state index in [1.807, 2.05) is 76.2 Å². The minimum atomic E-state index is -0.428. The number of amides is 1. The first kappa shape index (κ1) is 18.9. The first-order valence-electron chi connectivity index (χ1n) is 7.29. The third-order valence-corrected chi connectivity index (χ3v) is 2.32. The molecule has 1 N–H and O–H groups in total. The summed E-state index contributed by atoms with van der Waals surface area (Å²) in [7, 11) is 3.75. The van der Waals surface area contributed by atoms with E-state index < -0.39 is 6.09 Å². The van der Waals surface area contributed by atoms with Gasteiger partial charge in [0.15, 0.2) is 0 Å². The molecule has 0 saturated carbocycles. The van der Waals surface area contributed by atoms with Crippen molar-refractivity contribution in [2.24, 2.45) is 0 Å². The highest BCUT2D eigenvalue weighted by Crippen LogP contribution is 2.08. The highest BCUT2D eigenvalue weighted by Gasteiger charge is 2.14. The zero-order valence-corrected chi connectivity index (χ0v) is 13.3. The van der Waals surface area contributed by atoms with Crippen LogP contribution in [0.1, 0.15) is 27.7 Å². The van der Waals surface area contributed by atoms with Gasteiger partial charge in [-0.05, 0) is 24.3 Å². The van der Waals surface area contributed by atoms with E-state index in [9.17, 15) is 4.79 Å². The maximum atomic E-state index is 11.8. The molecule has 1 amide bonds. The SMILES string of the molecule is CC.CC.[CH2-][NH+](C(=O)Oc1ccccc1)c1ccccc1. The molecule has 2 aromatic rings. The number of nitrogens with one attached hydrogen (secondary N) is 1. The van der Waals surface area contributed by atoms with Gasteiger partial charge in [-0.25, -0.2) is 0 Å². The molecule has 0 aliphatic rings. The zero-order chi connectivity index (χ0) is 16.1. The number of rotatable bonds is 2. The van der Waals surface area contributed by atoms with Crippen molar-refractivity contribution in [3.05, 3.63) is 67.7 Å². The van der Waals surface area contributed by atoms with Crippen molar-refractivity contribution >= 4 is 11.8 Å². The van der Waals surface area contributed by atoms with E-state index in [2.05, 4.69) is 7.05 Å². The molecule has 0 fully saturated rings. The van der Waals surface area contributed by atoms with Crippen LogP contribution in [0, 0.1) is 7.05 Å². The van der Waals surface area contributed by atoms with Gasteiger partial charge in [-0.2, -0.15) is 4.79 Å². The minimum absolute atomic E-state index is 0.356. The van der Waals surface area contributed by atoms with Crippen molar-refractivity contribution in [3.8, 4) is 5.75 Å². The Morgan fingerprint density at radius 3 is 1.76 bits per heavy atom. The largest absolute Gasteiger partial charge is 0.497 e. The summed E-state index contributed by atoms with van der Waals surface area (Å²) >= 11 is 0. The first-order valence-corrected chi connectivity index (χ1v) is 7.29. The number of quaternary nitrogens is 1. The standard InChI is InChI=1S/C14H13NO2.2C2H6/c1-15(12-8-4-2-5-9-12)14(16)17-13-10-6-3-7-11-13;2*1-2/h2-11,15H,1H2;2*1-2H3. The van der Waals surface area contributed by atoms with Crippen LogP contribution >= 0.6 is 0 Å². The fraction of sp³-hybridized carbons (Fsp3) is 0.222. The smallest absolute Gasteiger partial charge is 0.382 e. The van der Waals surface area contributed by atoms with Gasteiger partial charge in [0, 0.05) is 0 Å². The van der Waals surface area contributed by atoms with Gasteiger partial charge < -0.3 is 9.64 Å². The molecule has 1 unspecified atom stereocenters. The first-order chi connectivity index (χ1) is 10.3. The predicted octanol–water partition coefficient (Wildman–Crippen LogP) is 4.25. The normalized spacial score (nSPS) is 10.1. The Hall–Kier alpha value is -2.13. The summed E-state index contributed by atoms with van der Waals surface area (Å²) in [6, 6.07) is 18.2. The highest BCUT2D eigenvalue weighted by molar-refractivity contribution is 5.64. The topological polar surface area (TPSA) is 30.7 Å². The molecular weight excluding hydrogens is 262 g/mol. The lowest BCUT2D eigenvalue weighted by Gasteiger charge is -2.16. The zero-order valence-electron chi connectivity index (χ0n) is 13.3. The van der Waals surface area contributed by atoms with Crippen LogP contribution in [-0.4, -0.2) is 6.09 Å². The summed E-state index contributed by atoms with van der Waals surface area (Å²) in [5.74, 6) is 0.523. The van der Waals surface area contributed by atoms with Gasteiger partial charge in [0.2, 0.25) is 0 Å². The van der Waals surface area contributed by atoms with Crippen molar-refractivity contribution in [2.45, 2.75) is 27.7 Å². The van der Waals surface area contributed by atoms with Gasteiger partial charge in [-0.15, -0.1) is 7.05 Å². The van der Waals surface area contributed by atoms with Crippen LogP contribution in [0.2, 0.25) is 0 Å². The fourth-order valence-corrected chi connectivity index (χ4v) is 1.41. The molecule has 3 nitrogen and oxygen atoms in total. The molecule has 3 heteroatoms. The second-order valence-electron chi connectivity index (χ2n) is 3.55. The Labute approximate surface area is 128 Å². The number of carbonyl (C=O) groups excluding carboxylic acids is 1.